The largest absolute Gasteiger partial charge is 0.329 e. The molecule has 0 bridgehead atoms. The minimum absolute atomic E-state index is 0.123. The van der Waals surface area contributed by atoms with Crippen molar-refractivity contribution < 1.29 is 18.0 Å². The molecule has 0 saturated carbocycles. The molecule has 3 heterocycles. The summed E-state index contributed by atoms with van der Waals surface area (Å²) in [7, 11) is 0. The van der Waals surface area contributed by atoms with Crippen LogP contribution < -0.4 is 10.6 Å². The Balaban J connectivity index is 1.49. The van der Waals surface area contributed by atoms with Crippen LogP contribution in [0.1, 0.15) is 21.7 Å². The van der Waals surface area contributed by atoms with E-state index in [1.54, 1.807) is 13.1 Å². The fraction of sp³-hybridized carbons (Fsp3) is 0.263. The molecule has 4 rings (SSSR count). The number of aromatic nitrogens is 3. The summed E-state index contributed by atoms with van der Waals surface area (Å²) in [6.07, 6.45) is 2.31. The second-order valence-corrected chi connectivity index (χ2v) is 7.64. The molecule has 30 heavy (non-hydrogen) atoms. The van der Waals surface area contributed by atoms with Gasteiger partial charge in [0.25, 0.3) is 5.91 Å². The van der Waals surface area contributed by atoms with Crippen molar-refractivity contribution >= 4 is 33.9 Å². The van der Waals surface area contributed by atoms with E-state index in [4.69, 9.17) is 0 Å². The van der Waals surface area contributed by atoms with E-state index >= 15 is 0 Å². The van der Waals surface area contributed by atoms with Gasteiger partial charge in [0.05, 0.1) is 23.1 Å². The van der Waals surface area contributed by atoms with Crippen LogP contribution in [0.25, 0.3) is 0 Å². The Bertz CT molecular complexity index is 1090. The molecule has 2 aromatic heterocycles. The number of likely N-dealkylation sites (tertiary alicyclic amines) is 1. The number of nitrogens with zero attached hydrogens (tertiary/aromatic N) is 4. The number of alkyl halides is 1. The molecular formula is C19H17F3N6OS. The number of rotatable bonds is 6. The van der Waals surface area contributed by atoms with Gasteiger partial charge in [0.15, 0.2) is 11.6 Å². The number of aryl methyl sites for hydroxylation is 1. The molecule has 1 aliphatic heterocycles. The van der Waals surface area contributed by atoms with Crippen LogP contribution in [0, 0.1) is 18.6 Å². The lowest BCUT2D eigenvalue weighted by Gasteiger charge is -2.33. The maximum absolute atomic E-state index is 13.4. The van der Waals surface area contributed by atoms with Crippen molar-refractivity contribution in [2.45, 2.75) is 19.6 Å². The fourth-order valence-corrected chi connectivity index (χ4v) is 3.82. The lowest BCUT2D eigenvalue weighted by Crippen LogP contribution is -2.47. The first kappa shape index (κ1) is 20.2. The highest BCUT2D eigenvalue weighted by Gasteiger charge is 2.26. The van der Waals surface area contributed by atoms with Gasteiger partial charge in [0, 0.05) is 37.6 Å². The third-order valence-electron chi connectivity index (χ3n) is 4.49. The number of carbonyl (C=O) groups is 1. The van der Waals surface area contributed by atoms with Crippen molar-refractivity contribution in [2.24, 2.45) is 0 Å². The average Bonchev–Trinajstić information content (AvgIpc) is 3.04. The van der Waals surface area contributed by atoms with E-state index in [0.717, 1.165) is 23.7 Å². The van der Waals surface area contributed by atoms with E-state index in [2.05, 4.69) is 25.0 Å². The highest BCUT2D eigenvalue weighted by Crippen LogP contribution is 2.28. The molecule has 0 spiro atoms. The maximum atomic E-state index is 13.4. The zero-order valence-corrected chi connectivity index (χ0v) is 16.6. The minimum atomic E-state index is -1.06. The SMILES string of the molecule is Cc1nsc(Nc2cncc(CN3CC(F)C3)n2)c1C(=O)Nc1ccc(F)c(F)c1. The fourth-order valence-electron chi connectivity index (χ4n) is 3.01. The van der Waals surface area contributed by atoms with Gasteiger partial charge in [-0.1, -0.05) is 0 Å². The number of halogens is 3. The van der Waals surface area contributed by atoms with Crippen molar-refractivity contribution in [3.05, 3.63) is 59.2 Å². The molecule has 1 fully saturated rings. The van der Waals surface area contributed by atoms with Crippen LogP contribution in [0.2, 0.25) is 0 Å². The van der Waals surface area contributed by atoms with Crippen molar-refractivity contribution in [3.63, 3.8) is 0 Å². The van der Waals surface area contributed by atoms with Gasteiger partial charge in [-0.3, -0.25) is 14.7 Å². The maximum Gasteiger partial charge on any atom is 0.260 e. The number of hydrogen-bond acceptors (Lipinski definition) is 7. The van der Waals surface area contributed by atoms with Crippen LogP contribution in [-0.4, -0.2) is 44.4 Å². The van der Waals surface area contributed by atoms with Gasteiger partial charge < -0.3 is 10.6 Å². The molecule has 1 aromatic carbocycles. The molecular weight excluding hydrogens is 417 g/mol. The Hall–Kier alpha value is -3.05. The minimum Gasteiger partial charge on any atom is -0.329 e. The van der Waals surface area contributed by atoms with Gasteiger partial charge in [0.2, 0.25) is 0 Å². The lowest BCUT2D eigenvalue weighted by atomic mass is 10.2. The zero-order chi connectivity index (χ0) is 21.3. The van der Waals surface area contributed by atoms with E-state index in [9.17, 15) is 18.0 Å². The molecule has 3 aromatic rings. The Morgan fingerprint density at radius 2 is 2.07 bits per heavy atom. The van der Waals surface area contributed by atoms with Crippen molar-refractivity contribution in [1.29, 1.82) is 0 Å². The zero-order valence-electron chi connectivity index (χ0n) is 15.8. The summed E-state index contributed by atoms with van der Waals surface area (Å²) in [5, 5.41) is 6.01. The lowest BCUT2D eigenvalue weighted by molar-refractivity contribution is 0.0580. The van der Waals surface area contributed by atoms with E-state index in [1.165, 1.54) is 12.3 Å². The third kappa shape index (κ3) is 4.41. The average molecular weight is 434 g/mol. The van der Waals surface area contributed by atoms with Crippen LogP contribution in [-0.2, 0) is 6.54 Å². The second-order valence-electron chi connectivity index (χ2n) is 6.87. The van der Waals surface area contributed by atoms with Crippen LogP contribution in [0.5, 0.6) is 0 Å². The first-order chi connectivity index (χ1) is 14.4. The Kier molecular flexibility index (Phi) is 5.64. The molecule has 0 radical (unpaired) electrons. The molecule has 11 heteroatoms. The van der Waals surface area contributed by atoms with E-state index in [-0.39, 0.29) is 11.3 Å². The number of carbonyl (C=O) groups excluding carboxylic acids is 1. The first-order valence-corrected chi connectivity index (χ1v) is 9.83. The summed E-state index contributed by atoms with van der Waals surface area (Å²) in [4.78, 5) is 23.2. The standard InChI is InChI=1S/C19H17F3N6OS/c1-10-17(18(29)25-12-2-3-14(21)15(22)4-12)19(30-27-10)26-16-6-23-5-13(24-16)9-28-7-11(20)8-28/h2-6,11H,7-9H2,1H3,(H,24,26)(H,25,29). The van der Waals surface area contributed by atoms with E-state index < -0.39 is 23.7 Å². The Morgan fingerprint density at radius 3 is 2.80 bits per heavy atom. The van der Waals surface area contributed by atoms with Gasteiger partial charge in [0.1, 0.15) is 17.0 Å². The molecule has 1 amide bonds. The van der Waals surface area contributed by atoms with Crippen molar-refractivity contribution in [2.75, 3.05) is 23.7 Å². The molecule has 0 atom stereocenters. The second kappa shape index (κ2) is 8.36. The Labute approximate surface area is 174 Å². The molecule has 1 saturated heterocycles. The first-order valence-electron chi connectivity index (χ1n) is 9.06. The highest BCUT2D eigenvalue weighted by atomic mass is 32.1. The van der Waals surface area contributed by atoms with Crippen LogP contribution >= 0.6 is 11.5 Å². The van der Waals surface area contributed by atoms with Crippen LogP contribution in [0.15, 0.2) is 30.6 Å². The topological polar surface area (TPSA) is 83.0 Å². The summed E-state index contributed by atoms with van der Waals surface area (Å²) in [6, 6.07) is 3.11. The summed E-state index contributed by atoms with van der Waals surface area (Å²) < 4.78 is 43.7. The highest BCUT2D eigenvalue weighted by molar-refractivity contribution is 7.10. The van der Waals surface area contributed by atoms with Crippen LogP contribution in [0.3, 0.4) is 0 Å². The van der Waals surface area contributed by atoms with Gasteiger partial charge in [-0.25, -0.2) is 18.2 Å². The normalized spacial score (nSPS) is 14.4. The van der Waals surface area contributed by atoms with Crippen LogP contribution in [0.4, 0.5) is 29.7 Å². The van der Waals surface area contributed by atoms with Gasteiger partial charge in [-0.15, -0.1) is 0 Å². The number of hydrogen-bond donors (Lipinski definition) is 2. The third-order valence-corrected chi connectivity index (χ3v) is 5.35. The molecule has 7 nitrogen and oxygen atoms in total. The van der Waals surface area contributed by atoms with Gasteiger partial charge >= 0.3 is 0 Å². The molecule has 2 N–H and O–H groups in total. The predicted molar refractivity (Wildman–Crippen MR) is 107 cm³/mol. The monoisotopic (exact) mass is 434 g/mol. The van der Waals surface area contributed by atoms with Crippen molar-refractivity contribution in [1.82, 2.24) is 19.2 Å². The summed E-state index contributed by atoms with van der Waals surface area (Å²) in [6.45, 7) is 2.90. The van der Waals surface area contributed by atoms with Gasteiger partial charge in [-0.2, -0.15) is 4.37 Å². The smallest absolute Gasteiger partial charge is 0.260 e. The van der Waals surface area contributed by atoms with E-state index in [0.29, 0.717) is 41.8 Å². The van der Waals surface area contributed by atoms with Gasteiger partial charge in [-0.05, 0) is 30.6 Å². The van der Waals surface area contributed by atoms with Crippen molar-refractivity contribution in [3.8, 4) is 0 Å². The summed E-state index contributed by atoms with van der Waals surface area (Å²) >= 11 is 1.07. The number of amides is 1. The number of anilines is 3. The summed E-state index contributed by atoms with van der Waals surface area (Å²) in [5.41, 5.74) is 1.53. The predicted octanol–water partition coefficient (Wildman–Crippen LogP) is 3.67. The summed E-state index contributed by atoms with van der Waals surface area (Å²) in [5.74, 6) is -2.16. The molecule has 0 unspecified atom stereocenters. The molecule has 1 aliphatic rings. The quantitative estimate of drug-likeness (QED) is 0.616. The van der Waals surface area contributed by atoms with E-state index in [1.807, 2.05) is 4.90 Å². The molecule has 0 aliphatic carbocycles. The Morgan fingerprint density at radius 1 is 1.27 bits per heavy atom. The molecule has 156 valence electrons. The number of nitrogens with one attached hydrogen (secondary N) is 2. The number of benzene rings is 1.